The minimum absolute atomic E-state index is 0.864. The van der Waals surface area contributed by atoms with Crippen LogP contribution in [-0.2, 0) is 6.42 Å². The van der Waals surface area contributed by atoms with E-state index in [-0.39, 0.29) is 0 Å². The molecule has 0 radical (unpaired) electrons. The summed E-state index contributed by atoms with van der Waals surface area (Å²) >= 11 is 3.42. The number of rotatable bonds is 4. The molecular formula is C11H12BrN3. The SMILES string of the molecule is BrCCCc1cnn(-c2ccccn2)c1. The Balaban J connectivity index is 2.14. The fourth-order valence-electron chi connectivity index (χ4n) is 1.37. The quantitative estimate of drug-likeness (QED) is 0.796. The molecule has 0 aliphatic rings. The van der Waals surface area contributed by atoms with Gasteiger partial charge < -0.3 is 0 Å². The van der Waals surface area contributed by atoms with Crippen molar-refractivity contribution in [3.8, 4) is 5.82 Å². The van der Waals surface area contributed by atoms with Gasteiger partial charge in [0.2, 0.25) is 0 Å². The second kappa shape index (κ2) is 5.07. The zero-order valence-corrected chi connectivity index (χ0v) is 9.89. The van der Waals surface area contributed by atoms with Crippen LogP contribution in [0.1, 0.15) is 12.0 Å². The lowest BCUT2D eigenvalue weighted by Crippen LogP contribution is -1.96. The molecule has 2 aromatic rings. The molecule has 0 saturated carbocycles. The third kappa shape index (κ3) is 2.65. The highest BCUT2D eigenvalue weighted by molar-refractivity contribution is 9.09. The van der Waals surface area contributed by atoms with Gasteiger partial charge in [-0.05, 0) is 30.5 Å². The van der Waals surface area contributed by atoms with Crippen LogP contribution in [0.25, 0.3) is 5.82 Å². The Kier molecular flexibility index (Phi) is 3.50. The second-order valence-electron chi connectivity index (χ2n) is 3.27. The average molecular weight is 266 g/mol. The summed E-state index contributed by atoms with van der Waals surface area (Å²) in [5.74, 6) is 0.864. The third-order valence-electron chi connectivity index (χ3n) is 2.12. The van der Waals surface area contributed by atoms with Crippen molar-refractivity contribution in [3.63, 3.8) is 0 Å². The first kappa shape index (κ1) is 10.4. The summed E-state index contributed by atoms with van der Waals surface area (Å²) in [4.78, 5) is 4.23. The molecule has 0 fully saturated rings. The number of pyridine rings is 1. The van der Waals surface area contributed by atoms with Crippen molar-refractivity contribution in [2.45, 2.75) is 12.8 Å². The molecule has 78 valence electrons. The molecule has 15 heavy (non-hydrogen) atoms. The first-order valence-corrected chi connectivity index (χ1v) is 6.03. The van der Waals surface area contributed by atoms with E-state index < -0.39 is 0 Å². The monoisotopic (exact) mass is 265 g/mol. The lowest BCUT2D eigenvalue weighted by Gasteiger charge is -1.97. The van der Waals surface area contributed by atoms with Gasteiger partial charge in [-0.15, -0.1) is 0 Å². The molecule has 4 heteroatoms. The van der Waals surface area contributed by atoms with Crippen molar-refractivity contribution in [3.05, 3.63) is 42.4 Å². The summed E-state index contributed by atoms with van der Waals surface area (Å²) < 4.78 is 1.81. The minimum atomic E-state index is 0.864. The molecule has 0 amide bonds. The molecule has 3 nitrogen and oxygen atoms in total. The molecular weight excluding hydrogens is 254 g/mol. The van der Waals surface area contributed by atoms with Gasteiger partial charge in [0.1, 0.15) is 0 Å². The largest absolute Gasteiger partial charge is 0.237 e. The van der Waals surface area contributed by atoms with E-state index in [1.165, 1.54) is 5.56 Å². The maximum atomic E-state index is 4.28. The van der Waals surface area contributed by atoms with Crippen LogP contribution in [0, 0.1) is 0 Å². The Morgan fingerprint density at radius 2 is 2.27 bits per heavy atom. The van der Waals surface area contributed by atoms with Gasteiger partial charge in [0.15, 0.2) is 5.82 Å². The van der Waals surface area contributed by atoms with E-state index in [9.17, 15) is 0 Å². The standard InChI is InChI=1S/C11H12BrN3/c12-6-3-4-10-8-14-15(9-10)11-5-1-2-7-13-11/h1-2,5,7-9H,3-4,6H2. The molecule has 2 aromatic heterocycles. The highest BCUT2D eigenvalue weighted by atomic mass is 79.9. The Hall–Kier alpha value is -1.16. The third-order valence-corrected chi connectivity index (χ3v) is 2.68. The number of halogens is 1. The van der Waals surface area contributed by atoms with Gasteiger partial charge in [-0.1, -0.05) is 22.0 Å². The van der Waals surface area contributed by atoms with Crippen LogP contribution in [0.15, 0.2) is 36.8 Å². The van der Waals surface area contributed by atoms with E-state index in [1.807, 2.05) is 35.3 Å². The molecule has 2 heterocycles. The Labute approximate surface area is 97.3 Å². The molecule has 0 aliphatic carbocycles. The first-order chi connectivity index (χ1) is 7.40. The maximum Gasteiger partial charge on any atom is 0.153 e. The number of aryl methyl sites for hydroxylation is 1. The number of nitrogens with zero attached hydrogens (tertiary/aromatic N) is 3. The average Bonchev–Trinajstić information content (AvgIpc) is 2.76. The second-order valence-corrected chi connectivity index (χ2v) is 4.07. The fourth-order valence-corrected chi connectivity index (χ4v) is 1.66. The van der Waals surface area contributed by atoms with Gasteiger partial charge >= 0.3 is 0 Å². The van der Waals surface area contributed by atoms with Crippen LogP contribution in [-0.4, -0.2) is 20.1 Å². The van der Waals surface area contributed by atoms with E-state index in [1.54, 1.807) is 6.20 Å². The fraction of sp³-hybridized carbons (Fsp3) is 0.273. The van der Waals surface area contributed by atoms with E-state index in [2.05, 4.69) is 26.0 Å². The summed E-state index contributed by atoms with van der Waals surface area (Å²) in [6.07, 6.45) is 7.89. The van der Waals surface area contributed by atoms with Gasteiger partial charge in [0.25, 0.3) is 0 Å². The normalized spacial score (nSPS) is 10.5. The van der Waals surface area contributed by atoms with Crippen LogP contribution in [0.4, 0.5) is 0 Å². The Bertz CT molecular complexity index is 411. The van der Waals surface area contributed by atoms with E-state index in [0.29, 0.717) is 0 Å². The molecule has 0 aromatic carbocycles. The van der Waals surface area contributed by atoms with Gasteiger partial charge in [-0.3, -0.25) is 0 Å². The number of alkyl halides is 1. The van der Waals surface area contributed by atoms with Crippen molar-refractivity contribution in [2.24, 2.45) is 0 Å². The van der Waals surface area contributed by atoms with Crippen molar-refractivity contribution < 1.29 is 0 Å². The van der Waals surface area contributed by atoms with Crippen LogP contribution in [0.5, 0.6) is 0 Å². The molecule has 0 spiro atoms. The van der Waals surface area contributed by atoms with Crippen molar-refractivity contribution in [1.29, 1.82) is 0 Å². The maximum absolute atomic E-state index is 4.28. The summed E-state index contributed by atoms with van der Waals surface area (Å²) in [7, 11) is 0. The molecule has 0 saturated heterocycles. The van der Waals surface area contributed by atoms with Crippen LogP contribution < -0.4 is 0 Å². The van der Waals surface area contributed by atoms with Crippen molar-refractivity contribution in [2.75, 3.05) is 5.33 Å². The van der Waals surface area contributed by atoms with Gasteiger partial charge in [0, 0.05) is 17.7 Å². The molecule has 0 N–H and O–H groups in total. The minimum Gasteiger partial charge on any atom is -0.237 e. The molecule has 0 atom stereocenters. The van der Waals surface area contributed by atoms with E-state index >= 15 is 0 Å². The summed E-state index contributed by atoms with van der Waals surface area (Å²) in [6, 6.07) is 5.81. The van der Waals surface area contributed by atoms with Crippen molar-refractivity contribution in [1.82, 2.24) is 14.8 Å². The van der Waals surface area contributed by atoms with Gasteiger partial charge in [0.05, 0.1) is 6.20 Å². The molecule has 2 rings (SSSR count). The summed E-state index contributed by atoms with van der Waals surface area (Å²) in [5, 5.41) is 5.31. The molecule has 0 aliphatic heterocycles. The number of hydrogen-bond acceptors (Lipinski definition) is 2. The summed E-state index contributed by atoms with van der Waals surface area (Å²) in [6.45, 7) is 0. The molecule has 0 unspecified atom stereocenters. The summed E-state index contributed by atoms with van der Waals surface area (Å²) in [5.41, 5.74) is 1.25. The van der Waals surface area contributed by atoms with E-state index in [4.69, 9.17) is 0 Å². The zero-order chi connectivity index (χ0) is 10.5. The first-order valence-electron chi connectivity index (χ1n) is 4.91. The topological polar surface area (TPSA) is 30.7 Å². The highest BCUT2D eigenvalue weighted by Gasteiger charge is 2.00. The Morgan fingerprint density at radius 1 is 1.33 bits per heavy atom. The predicted molar refractivity (Wildman–Crippen MR) is 63.5 cm³/mol. The number of hydrogen-bond donors (Lipinski definition) is 0. The van der Waals surface area contributed by atoms with E-state index in [0.717, 1.165) is 24.0 Å². The molecule has 0 bridgehead atoms. The predicted octanol–water partition coefficient (Wildman–Crippen LogP) is 2.59. The highest BCUT2D eigenvalue weighted by Crippen LogP contribution is 2.07. The lowest BCUT2D eigenvalue weighted by molar-refractivity contribution is 0.845. The van der Waals surface area contributed by atoms with Crippen molar-refractivity contribution >= 4 is 15.9 Å². The lowest BCUT2D eigenvalue weighted by atomic mass is 10.2. The zero-order valence-electron chi connectivity index (χ0n) is 8.31. The van der Waals surface area contributed by atoms with Crippen LogP contribution >= 0.6 is 15.9 Å². The van der Waals surface area contributed by atoms with Crippen LogP contribution in [0.3, 0.4) is 0 Å². The number of aromatic nitrogens is 3. The van der Waals surface area contributed by atoms with Gasteiger partial charge in [-0.2, -0.15) is 5.10 Å². The smallest absolute Gasteiger partial charge is 0.153 e. The van der Waals surface area contributed by atoms with Crippen LogP contribution in [0.2, 0.25) is 0 Å². The Morgan fingerprint density at radius 3 is 3.00 bits per heavy atom. The van der Waals surface area contributed by atoms with Gasteiger partial charge in [-0.25, -0.2) is 9.67 Å².